The fourth-order valence-electron chi connectivity index (χ4n) is 4.01. The van der Waals surface area contributed by atoms with E-state index in [1.165, 1.54) is 12.1 Å². The minimum atomic E-state index is -0.297. The third-order valence-electron chi connectivity index (χ3n) is 5.10. The molecule has 1 N–H and O–H groups in total. The highest BCUT2D eigenvalue weighted by atomic mass is 19.1. The maximum Gasteiger partial charge on any atom is 0.169 e. The Morgan fingerprint density at radius 3 is 2.32 bits per heavy atom. The third-order valence-corrected chi connectivity index (χ3v) is 5.10. The van der Waals surface area contributed by atoms with Crippen molar-refractivity contribution in [1.29, 1.82) is 0 Å². The molecule has 0 atom stereocenters. The Morgan fingerprint density at radius 2 is 1.68 bits per heavy atom. The quantitative estimate of drug-likeness (QED) is 0.653. The summed E-state index contributed by atoms with van der Waals surface area (Å²) >= 11 is 0. The van der Waals surface area contributed by atoms with Crippen molar-refractivity contribution in [2.45, 2.75) is 40.5 Å². The molecule has 0 saturated heterocycles. The number of aryl methyl sites for hydroxylation is 2. The summed E-state index contributed by atoms with van der Waals surface area (Å²) < 4.78 is 15.2. The van der Waals surface area contributed by atoms with Crippen LogP contribution in [0.1, 0.15) is 47.4 Å². The molecule has 0 fully saturated rings. The molecule has 2 aromatic carbocycles. The second-order valence-electron chi connectivity index (χ2n) is 8.50. The minimum Gasteiger partial charge on any atom is -0.338 e. The predicted molar refractivity (Wildman–Crippen MR) is 109 cm³/mol. The first-order valence-electron chi connectivity index (χ1n) is 9.48. The van der Waals surface area contributed by atoms with E-state index in [-0.39, 0.29) is 17.0 Å². The van der Waals surface area contributed by atoms with Crippen molar-refractivity contribution in [3.05, 3.63) is 70.7 Å². The van der Waals surface area contributed by atoms with E-state index in [0.29, 0.717) is 17.8 Å². The normalized spacial score (nSPS) is 15.4. The van der Waals surface area contributed by atoms with Crippen LogP contribution in [-0.4, -0.2) is 15.6 Å². The zero-order valence-corrected chi connectivity index (χ0v) is 16.6. The van der Waals surface area contributed by atoms with Gasteiger partial charge in [0.15, 0.2) is 11.6 Å². The highest BCUT2D eigenvalue weighted by Gasteiger charge is 2.36. The largest absolute Gasteiger partial charge is 0.338 e. The number of carbonyl (C=O) groups is 1. The number of benzene rings is 2. The van der Waals surface area contributed by atoms with E-state index in [1.54, 1.807) is 16.8 Å². The molecule has 3 aromatic rings. The molecule has 0 radical (unpaired) electrons. The number of nitrogens with one attached hydrogen (secondary N) is 1. The lowest BCUT2D eigenvalue weighted by Gasteiger charge is -2.29. The molecule has 1 aliphatic carbocycles. The molecule has 4 nitrogen and oxygen atoms in total. The van der Waals surface area contributed by atoms with Gasteiger partial charge in [0.1, 0.15) is 5.82 Å². The number of halogens is 1. The van der Waals surface area contributed by atoms with Crippen LogP contribution in [0.2, 0.25) is 0 Å². The van der Waals surface area contributed by atoms with Gasteiger partial charge in [0.2, 0.25) is 0 Å². The molecule has 28 heavy (non-hydrogen) atoms. The summed E-state index contributed by atoms with van der Waals surface area (Å²) in [5, 5.41) is 8.07. The van der Waals surface area contributed by atoms with Crippen LogP contribution in [0.25, 0.3) is 5.69 Å². The van der Waals surface area contributed by atoms with Crippen molar-refractivity contribution in [1.82, 2.24) is 9.78 Å². The molecule has 0 saturated carbocycles. The Bertz CT molecular complexity index is 1040. The number of aromatic nitrogens is 2. The second-order valence-corrected chi connectivity index (χ2v) is 8.50. The van der Waals surface area contributed by atoms with Crippen molar-refractivity contribution in [3.8, 4) is 5.69 Å². The number of rotatable bonds is 3. The van der Waals surface area contributed by atoms with Crippen LogP contribution in [0.4, 0.5) is 15.9 Å². The molecule has 0 amide bonds. The molecular weight excluding hydrogens is 353 g/mol. The number of hydrogen-bond donors (Lipinski definition) is 1. The predicted octanol–water partition coefficient (Wildman–Crippen LogP) is 5.53. The van der Waals surface area contributed by atoms with Crippen molar-refractivity contribution < 1.29 is 9.18 Å². The number of Topliss-reactive ketones (excluding diaryl/α,β-unsaturated/α-hetero) is 1. The van der Waals surface area contributed by atoms with E-state index in [2.05, 4.69) is 25.2 Å². The smallest absolute Gasteiger partial charge is 0.169 e. The van der Waals surface area contributed by atoms with Crippen molar-refractivity contribution >= 4 is 17.3 Å². The van der Waals surface area contributed by atoms with E-state index in [4.69, 9.17) is 5.10 Å². The van der Waals surface area contributed by atoms with Gasteiger partial charge in [-0.2, -0.15) is 0 Å². The molecule has 0 bridgehead atoms. The zero-order valence-electron chi connectivity index (χ0n) is 16.6. The zero-order chi connectivity index (χ0) is 20.1. The number of carbonyl (C=O) groups excluding carboxylic acids is 1. The standard InChI is InChI=1S/C23H24FN3O/c1-14-9-15(2)11-17(10-14)25-22-21-19(12-23(3,4)13-20(21)28)27(26-22)18-7-5-16(24)6-8-18/h5-11H,12-13H2,1-4H3,(H,25,26). The van der Waals surface area contributed by atoms with Gasteiger partial charge >= 0.3 is 0 Å². The van der Waals surface area contributed by atoms with Crippen LogP contribution in [0.3, 0.4) is 0 Å². The molecule has 1 aromatic heterocycles. The first kappa shape index (κ1) is 18.4. The summed E-state index contributed by atoms with van der Waals surface area (Å²) in [4.78, 5) is 13.0. The fraction of sp³-hybridized carbons (Fsp3) is 0.304. The molecule has 1 heterocycles. The molecule has 1 aliphatic rings. The topological polar surface area (TPSA) is 46.9 Å². The molecule has 4 rings (SSSR count). The highest BCUT2D eigenvalue weighted by molar-refractivity contribution is 6.03. The van der Waals surface area contributed by atoms with Crippen LogP contribution in [-0.2, 0) is 6.42 Å². The number of ketones is 1. The lowest BCUT2D eigenvalue weighted by molar-refractivity contribution is 0.0912. The average Bonchev–Trinajstić information content (AvgIpc) is 2.91. The van der Waals surface area contributed by atoms with Crippen LogP contribution in [0.5, 0.6) is 0 Å². The van der Waals surface area contributed by atoms with E-state index in [0.717, 1.165) is 34.6 Å². The van der Waals surface area contributed by atoms with Gasteiger partial charge in [0.25, 0.3) is 0 Å². The van der Waals surface area contributed by atoms with Gasteiger partial charge < -0.3 is 5.32 Å². The summed E-state index contributed by atoms with van der Waals surface area (Å²) in [6.45, 7) is 8.26. The lowest BCUT2D eigenvalue weighted by Crippen LogP contribution is -2.28. The number of fused-ring (bicyclic) bond motifs is 1. The summed E-state index contributed by atoms with van der Waals surface area (Å²) in [5.74, 6) is 0.353. The van der Waals surface area contributed by atoms with E-state index in [1.807, 2.05) is 26.0 Å². The maximum absolute atomic E-state index is 13.4. The number of anilines is 2. The summed E-state index contributed by atoms with van der Waals surface area (Å²) in [5.41, 5.74) is 5.31. The van der Waals surface area contributed by atoms with Crippen LogP contribution >= 0.6 is 0 Å². The van der Waals surface area contributed by atoms with Crippen LogP contribution in [0, 0.1) is 25.1 Å². The molecule has 0 spiro atoms. The van der Waals surface area contributed by atoms with Gasteiger partial charge in [0.05, 0.1) is 16.9 Å². The SMILES string of the molecule is Cc1cc(C)cc(Nc2nn(-c3ccc(F)cc3)c3c2C(=O)CC(C)(C)C3)c1. The Hall–Kier alpha value is -2.95. The van der Waals surface area contributed by atoms with Crippen molar-refractivity contribution in [3.63, 3.8) is 0 Å². The summed E-state index contributed by atoms with van der Waals surface area (Å²) in [6.07, 6.45) is 1.21. The minimum absolute atomic E-state index is 0.0893. The molecule has 5 heteroatoms. The summed E-state index contributed by atoms with van der Waals surface area (Å²) in [6, 6.07) is 12.4. The first-order chi connectivity index (χ1) is 13.2. The Morgan fingerprint density at radius 1 is 1.04 bits per heavy atom. The van der Waals surface area contributed by atoms with Gasteiger partial charge in [-0.05, 0) is 73.2 Å². The highest BCUT2D eigenvalue weighted by Crippen LogP contribution is 2.39. The van der Waals surface area contributed by atoms with E-state index < -0.39 is 0 Å². The van der Waals surface area contributed by atoms with Gasteiger partial charge in [-0.1, -0.05) is 19.9 Å². The van der Waals surface area contributed by atoms with Gasteiger partial charge in [-0.25, -0.2) is 9.07 Å². The summed E-state index contributed by atoms with van der Waals surface area (Å²) in [7, 11) is 0. The van der Waals surface area contributed by atoms with E-state index >= 15 is 0 Å². The first-order valence-corrected chi connectivity index (χ1v) is 9.48. The molecule has 0 aliphatic heterocycles. The Balaban J connectivity index is 1.85. The maximum atomic E-state index is 13.4. The monoisotopic (exact) mass is 377 g/mol. The molecular formula is C23H24FN3O. The van der Waals surface area contributed by atoms with Crippen molar-refractivity contribution in [2.24, 2.45) is 5.41 Å². The van der Waals surface area contributed by atoms with Crippen molar-refractivity contribution in [2.75, 3.05) is 5.32 Å². The molecule has 144 valence electrons. The lowest BCUT2D eigenvalue weighted by atomic mass is 9.76. The third kappa shape index (κ3) is 3.44. The van der Waals surface area contributed by atoms with Gasteiger partial charge in [-0.3, -0.25) is 4.79 Å². The molecule has 0 unspecified atom stereocenters. The number of nitrogens with zero attached hydrogens (tertiary/aromatic N) is 2. The second kappa shape index (κ2) is 6.59. The van der Waals surface area contributed by atoms with Gasteiger partial charge in [-0.15, -0.1) is 5.10 Å². The Kier molecular flexibility index (Phi) is 4.33. The van der Waals surface area contributed by atoms with Crippen LogP contribution < -0.4 is 5.32 Å². The average molecular weight is 377 g/mol. The van der Waals surface area contributed by atoms with E-state index in [9.17, 15) is 9.18 Å². The van der Waals surface area contributed by atoms with Gasteiger partial charge in [0, 0.05) is 12.1 Å². The fourth-order valence-corrected chi connectivity index (χ4v) is 4.01. The van der Waals surface area contributed by atoms with Crippen LogP contribution in [0.15, 0.2) is 42.5 Å². The Labute approximate surface area is 164 Å². The number of hydrogen-bond acceptors (Lipinski definition) is 3.